The van der Waals surface area contributed by atoms with Crippen molar-refractivity contribution in [2.24, 2.45) is 0 Å². The molecule has 1 aliphatic carbocycles. The van der Waals surface area contributed by atoms with E-state index in [1.54, 1.807) is 0 Å². The highest BCUT2D eigenvalue weighted by Gasteiger charge is 2.55. The summed E-state index contributed by atoms with van der Waals surface area (Å²) in [6.45, 7) is 25.9. The highest BCUT2D eigenvalue weighted by molar-refractivity contribution is 6.75. The van der Waals surface area contributed by atoms with Crippen molar-refractivity contribution < 1.29 is 18.3 Å². The third-order valence-corrected chi connectivity index (χ3v) is 16.8. The predicted octanol–water partition coefficient (Wildman–Crippen LogP) is 8.42. The summed E-state index contributed by atoms with van der Waals surface area (Å²) in [6, 6.07) is 14.4. The molecule has 194 valence electrons. The van der Waals surface area contributed by atoms with Crippen LogP contribution in [0.4, 0.5) is 0 Å². The van der Waals surface area contributed by atoms with Crippen LogP contribution in [-0.2, 0) is 28.0 Å². The van der Waals surface area contributed by atoms with Crippen LogP contribution in [0.15, 0.2) is 42.5 Å². The van der Waals surface area contributed by atoms with Gasteiger partial charge in [0.15, 0.2) is 14.1 Å². The molecule has 1 aliphatic rings. The Morgan fingerprint density at radius 3 is 1.91 bits per heavy atom. The maximum Gasteiger partial charge on any atom is 0.250 e. The molecule has 4 nitrogen and oxygen atoms in total. The average Bonchev–Trinajstić information content (AvgIpc) is 2.71. The van der Waals surface area contributed by atoms with Crippen LogP contribution in [0.3, 0.4) is 0 Å². The monoisotopic (exact) mass is 514 g/mol. The lowest BCUT2D eigenvalue weighted by Gasteiger charge is -2.51. The molecule has 0 saturated heterocycles. The molecule has 0 saturated carbocycles. The fraction of sp³-hybridized carbons (Fsp3) is 0.586. The zero-order valence-electron chi connectivity index (χ0n) is 23.8. The van der Waals surface area contributed by atoms with E-state index in [4.69, 9.17) is 18.3 Å². The molecule has 0 fully saturated rings. The van der Waals surface area contributed by atoms with Crippen LogP contribution in [-0.4, -0.2) is 23.2 Å². The first-order chi connectivity index (χ1) is 16.0. The first-order valence-electron chi connectivity index (χ1n) is 12.9. The number of hydrogen-bond donors (Lipinski definition) is 0. The lowest BCUT2D eigenvalue weighted by Crippen LogP contribution is -2.55. The first kappa shape index (κ1) is 28.0. The van der Waals surface area contributed by atoms with E-state index in [1.165, 1.54) is 0 Å². The molecule has 0 heterocycles. The molecular formula is C29H46O4Si2. The van der Waals surface area contributed by atoms with Gasteiger partial charge in [0.25, 0.3) is 0 Å². The highest BCUT2D eigenvalue weighted by atomic mass is 28.4. The van der Waals surface area contributed by atoms with Crippen LogP contribution in [0.1, 0.15) is 65.2 Å². The van der Waals surface area contributed by atoms with Gasteiger partial charge in [-0.3, -0.25) is 0 Å². The van der Waals surface area contributed by atoms with Gasteiger partial charge in [0.1, 0.15) is 18.1 Å². The van der Waals surface area contributed by atoms with Gasteiger partial charge in [-0.05, 0) is 60.9 Å². The minimum atomic E-state index is -2.13. The minimum absolute atomic E-state index is 0.0627. The van der Waals surface area contributed by atoms with E-state index in [0.29, 0.717) is 19.6 Å². The Morgan fingerprint density at radius 2 is 1.37 bits per heavy atom. The maximum absolute atomic E-state index is 7.03. The molecule has 3 rings (SSSR count). The Kier molecular flexibility index (Phi) is 7.75. The van der Waals surface area contributed by atoms with E-state index in [9.17, 15) is 0 Å². The first-order valence-corrected chi connectivity index (χ1v) is 18.7. The van der Waals surface area contributed by atoms with Crippen LogP contribution in [0.2, 0.25) is 36.3 Å². The Morgan fingerprint density at radius 1 is 0.800 bits per heavy atom. The summed E-state index contributed by atoms with van der Waals surface area (Å²) < 4.78 is 26.7. The SMILES string of the molecule is CCOC1(O[Si](C)(C)C(C)(C)C)Cc2c(O[Si](C)(C)C(C)(C)C)ccc(OCc3ccccc3)c21. The van der Waals surface area contributed by atoms with Gasteiger partial charge in [-0.25, -0.2) is 0 Å². The molecule has 0 aromatic heterocycles. The zero-order valence-corrected chi connectivity index (χ0v) is 25.8. The fourth-order valence-corrected chi connectivity index (χ4v) is 6.24. The molecule has 0 aliphatic heterocycles. The molecule has 2 aromatic carbocycles. The summed E-state index contributed by atoms with van der Waals surface area (Å²) in [6.07, 6.45) is 0.676. The van der Waals surface area contributed by atoms with Crippen molar-refractivity contribution in [2.75, 3.05) is 6.61 Å². The van der Waals surface area contributed by atoms with Gasteiger partial charge in [0, 0.05) is 18.6 Å². The summed E-state index contributed by atoms with van der Waals surface area (Å²) in [4.78, 5) is 0. The van der Waals surface area contributed by atoms with Gasteiger partial charge >= 0.3 is 0 Å². The van der Waals surface area contributed by atoms with Crippen molar-refractivity contribution in [3.05, 3.63) is 59.2 Å². The van der Waals surface area contributed by atoms with Crippen LogP contribution < -0.4 is 9.16 Å². The van der Waals surface area contributed by atoms with Crippen molar-refractivity contribution >= 4 is 16.6 Å². The van der Waals surface area contributed by atoms with Gasteiger partial charge in [0.05, 0.1) is 5.56 Å². The second kappa shape index (κ2) is 9.69. The smallest absolute Gasteiger partial charge is 0.250 e. The second-order valence-corrected chi connectivity index (χ2v) is 22.2. The van der Waals surface area contributed by atoms with Crippen molar-refractivity contribution in [3.63, 3.8) is 0 Å². The Labute approximate surface area is 215 Å². The Bertz CT molecular complexity index is 1020. The molecule has 2 aromatic rings. The van der Waals surface area contributed by atoms with Crippen molar-refractivity contribution in [1.82, 2.24) is 0 Å². The minimum Gasteiger partial charge on any atom is -0.543 e. The quantitative estimate of drug-likeness (QED) is 0.249. The van der Waals surface area contributed by atoms with Gasteiger partial charge < -0.3 is 18.3 Å². The molecule has 0 bridgehead atoms. The molecule has 35 heavy (non-hydrogen) atoms. The van der Waals surface area contributed by atoms with Gasteiger partial charge in [-0.2, -0.15) is 0 Å². The zero-order chi connectivity index (χ0) is 26.3. The van der Waals surface area contributed by atoms with Crippen molar-refractivity contribution in [1.29, 1.82) is 0 Å². The molecule has 0 amide bonds. The van der Waals surface area contributed by atoms with Crippen LogP contribution in [0, 0.1) is 0 Å². The summed E-state index contributed by atoms with van der Waals surface area (Å²) in [5.41, 5.74) is 3.30. The number of benzene rings is 2. The second-order valence-electron chi connectivity index (χ2n) is 12.8. The van der Waals surface area contributed by atoms with E-state index in [1.807, 2.05) is 31.2 Å². The maximum atomic E-state index is 7.03. The summed E-state index contributed by atoms with van der Waals surface area (Å²) in [5, 5.41) is 0.175. The van der Waals surface area contributed by atoms with Crippen LogP contribution >= 0.6 is 0 Å². The highest BCUT2D eigenvalue weighted by Crippen LogP contribution is 2.56. The normalized spacial score (nSPS) is 18.6. The summed E-state index contributed by atoms with van der Waals surface area (Å²) >= 11 is 0. The number of ether oxygens (including phenoxy) is 2. The van der Waals surface area contributed by atoms with Crippen molar-refractivity contribution in [3.8, 4) is 11.5 Å². The molecule has 6 heteroatoms. The molecule has 1 atom stereocenters. The molecule has 0 spiro atoms. The van der Waals surface area contributed by atoms with Gasteiger partial charge in [0.2, 0.25) is 8.32 Å². The number of rotatable bonds is 9. The average molecular weight is 515 g/mol. The van der Waals surface area contributed by atoms with Crippen LogP contribution in [0.5, 0.6) is 11.5 Å². The summed E-state index contributed by atoms with van der Waals surface area (Å²) in [7, 11) is -4.14. The molecule has 0 N–H and O–H groups in total. The fourth-order valence-electron chi connectivity index (χ4n) is 3.83. The third kappa shape index (κ3) is 5.71. The summed E-state index contributed by atoms with van der Waals surface area (Å²) in [5.74, 6) is 0.976. The molecular weight excluding hydrogens is 468 g/mol. The van der Waals surface area contributed by atoms with E-state index in [2.05, 4.69) is 85.9 Å². The number of fused-ring (bicyclic) bond motifs is 1. The van der Waals surface area contributed by atoms with Gasteiger partial charge in [-0.1, -0.05) is 71.9 Å². The molecule has 1 unspecified atom stereocenters. The number of hydrogen-bond acceptors (Lipinski definition) is 4. The lowest BCUT2D eigenvalue weighted by atomic mass is 9.80. The van der Waals surface area contributed by atoms with E-state index < -0.39 is 22.4 Å². The van der Waals surface area contributed by atoms with E-state index >= 15 is 0 Å². The third-order valence-electron chi connectivity index (χ3n) is 8.03. The van der Waals surface area contributed by atoms with E-state index in [-0.39, 0.29) is 10.1 Å². The van der Waals surface area contributed by atoms with Crippen molar-refractivity contribution in [2.45, 2.75) is 104 Å². The van der Waals surface area contributed by atoms with Gasteiger partial charge in [-0.15, -0.1) is 0 Å². The predicted molar refractivity (Wildman–Crippen MR) is 150 cm³/mol. The van der Waals surface area contributed by atoms with E-state index in [0.717, 1.165) is 28.2 Å². The Balaban J connectivity index is 2.07. The Hall–Kier alpha value is -1.61. The van der Waals surface area contributed by atoms with Crippen LogP contribution in [0.25, 0.3) is 0 Å². The largest absolute Gasteiger partial charge is 0.543 e. The molecule has 0 radical (unpaired) electrons. The lowest BCUT2D eigenvalue weighted by molar-refractivity contribution is -0.214. The standard InChI is InChI=1S/C29H46O4Si2/c1-12-31-29(33-35(10,11)28(5,6)7)20-23-24(32-34(8,9)27(2,3)4)18-19-25(26(23)29)30-21-22-16-14-13-15-17-22/h13-19H,12,20-21H2,1-11H3. The topological polar surface area (TPSA) is 36.9 Å².